The second-order valence-electron chi connectivity index (χ2n) is 7.82. The minimum absolute atomic E-state index is 0.0701. The molecule has 1 aromatic heterocycles. The van der Waals surface area contributed by atoms with Gasteiger partial charge in [0.15, 0.2) is 9.84 Å². The first-order valence-electron chi connectivity index (χ1n) is 9.35. The number of hydrogen-bond donors (Lipinski definition) is 0. The van der Waals surface area contributed by atoms with Crippen LogP contribution in [0.4, 0.5) is 0 Å². The van der Waals surface area contributed by atoms with Crippen molar-refractivity contribution in [3.05, 3.63) is 23.8 Å². The van der Waals surface area contributed by atoms with Crippen molar-refractivity contribution in [2.24, 2.45) is 5.92 Å². The molecule has 0 N–H and O–H groups in total. The fraction of sp³-hybridized carbons (Fsp3) is 0.778. The molecule has 0 spiro atoms. The van der Waals surface area contributed by atoms with Crippen LogP contribution < -0.4 is 0 Å². The summed E-state index contributed by atoms with van der Waals surface area (Å²) in [6.45, 7) is 8.45. The number of aromatic nitrogens is 2. The first kappa shape index (κ1) is 19.7. The molecule has 0 aliphatic carbocycles. The molecule has 0 bridgehead atoms. The molecule has 0 unspecified atom stereocenters. The SMILES string of the molecule is COCCc1ncc(CN2CCN(CC(C)C)[C@H]3CS(=O)(=O)C[C@H]32)cn1. The van der Waals surface area contributed by atoms with E-state index in [0.717, 1.165) is 31.0 Å². The number of rotatable bonds is 7. The molecule has 0 aromatic carbocycles. The van der Waals surface area contributed by atoms with Crippen molar-refractivity contribution in [1.29, 1.82) is 0 Å². The molecule has 0 saturated carbocycles. The minimum Gasteiger partial charge on any atom is -0.384 e. The van der Waals surface area contributed by atoms with E-state index in [1.807, 2.05) is 12.4 Å². The van der Waals surface area contributed by atoms with Crippen molar-refractivity contribution in [1.82, 2.24) is 19.8 Å². The lowest BCUT2D eigenvalue weighted by Crippen LogP contribution is -2.59. The molecular weight excluding hydrogens is 352 g/mol. The molecule has 2 atom stereocenters. The van der Waals surface area contributed by atoms with E-state index in [-0.39, 0.29) is 23.6 Å². The van der Waals surface area contributed by atoms with Crippen molar-refractivity contribution in [3.63, 3.8) is 0 Å². The third-order valence-electron chi connectivity index (χ3n) is 5.18. The smallest absolute Gasteiger partial charge is 0.153 e. The quantitative estimate of drug-likeness (QED) is 0.684. The summed E-state index contributed by atoms with van der Waals surface area (Å²) in [5.74, 6) is 1.86. The highest BCUT2D eigenvalue weighted by Crippen LogP contribution is 2.28. The highest BCUT2D eigenvalue weighted by atomic mass is 32.2. The molecule has 3 rings (SSSR count). The molecule has 2 aliphatic rings. The summed E-state index contributed by atoms with van der Waals surface area (Å²) in [6.07, 6.45) is 4.42. The van der Waals surface area contributed by atoms with Crippen molar-refractivity contribution >= 4 is 9.84 Å². The molecule has 3 heterocycles. The molecule has 7 nitrogen and oxygen atoms in total. The molecule has 146 valence electrons. The highest BCUT2D eigenvalue weighted by molar-refractivity contribution is 7.91. The molecular formula is C18H30N4O3S. The largest absolute Gasteiger partial charge is 0.384 e. The zero-order valence-electron chi connectivity index (χ0n) is 16.0. The maximum absolute atomic E-state index is 12.3. The predicted molar refractivity (Wildman–Crippen MR) is 101 cm³/mol. The van der Waals surface area contributed by atoms with Crippen LogP contribution in [0.25, 0.3) is 0 Å². The number of nitrogens with zero attached hydrogens (tertiary/aromatic N) is 4. The van der Waals surface area contributed by atoms with Crippen molar-refractivity contribution < 1.29 is 13.2 Å². The molecule has 2 aliphatic heterocycles. The monoisotopic (exact) mass is 382 g/mol. The Balaban J connectivity index is 1.68. The summed E-state index contributed by atoms with van der Waals surface area (Å²) >= 11 is 0. The van der Waals surface area contributed by atoms with Crippen LogP contribution in [0, 0.1) is 5.92 Å². The van der Waals surface area contributed by atoms with Gasteiger partial charge in [0.25, 0.3) is 0 Å². The van der Waals surface area contributed by atoms with Crippen molar-refractivity contribution in [2.75, 3.05) is 44.9 Å². The van der Waals surface area contributed by atoms with Crippen molar-refractivity contribution in [3.8, 4) is 0 Å². The van der Waals surface area contributed by atoms with Gasteiger partial charge in [-0.25, -0.2) is 18.4 Å². The van der Waals surface area contributed by atoms with E-state index in [1.165, 1.54) is 0 Å². The first-order chi connectivity index (χ1) is 12.4. The summed E-state index contributed by atoms with van der Waals surface area (Å²) in [7, 11) is -1.30. The van der Waals surface area contributed by atoms with E-state index in [0.29, 0.717) is 25.5 Å². The lowest BCUT2D eigenvalue weighted by molar-refractivity contribution is 0.0336. The number of sulfone groups is 1. The summed E-state index contributed by atoms with van der Waals surface area (Å²) in [5, 5.41) is 0. The lowest BCUT2D eigenvalue weighted by Gasteiger charge is -2.44. The van der Waals surface area contributed by atoms with Gasteiger partial charge in [-0.1, -0.05) is 13.8 Å². The molecule has 1 aromatic rings. The summed E-state index contributed by atoms with van der Waals surface area (Å²) < 4.78 is 29.6. The van der Waals surface area contributed by atoms with Gasteiger partial charge in [-0.3, -0.25) is 9.80 Å². The van der Waals surface area contributed by atoms with E-state index >= 15 is 0 Å². The second-order valence-corrected chi connectivity index (χ2v) is 9.98. The third-order valence-corrected chi connectivity index (χ3v) is 6.88. The standard InChI is InChI=1S/C18H30N4O3S/c1-14(2)10-21-5-6-22(17-13-26(23,24)12-16(17)21)11-15-8-19-18(20-9-15)4-7-25-3/h8-9,14,16-17H,4-7,10-13H2,1-3H3/t16-,17+/m0/s1. The molecule has 0 amide bonds. The normalized spacial score (nSPS) is 26.3. The minimum atomic E-state index is -2.97. The van der Waals surface area contributed by atoms with Gasteiger partial charge in [-0.15, -0.1) is 0 Å². The summed E-state index contributed by atoms with van der Waals surface area (Å²) in [4.78, 5) is 13.5. The fourth-order valence-corrected chi connectivity index (χ4v) is 6.05. The van der Waals surface area contributed by atoms with Gasteiger partial charge in [0.2, 0.25) is 0 Å². The summed E-state index contributed by atoms with van der Waals surface area (Å²) in [5.41, 5.74) is 1.03. The van der Waals surface area contributed by atoms with Gasteiger partial charge in [0, 0.05) is 69.8 Å². The maximum Gasteiger partial charge on any atom is 0.153 e. The van der Waals surface area contributed by atoms with Crippen LogP contribution in [0.15, 0.2) is 12.4 Å². The van der Waals surface area contributed by atoms with E-state index in [1.54, 1.807) is 7.11 Å². The van der Waals surface area contributed by atoms with E-state index in [9.17, 15) is 8.42 Å². The van der Waals surface area contributed by atoms with Crippen LogP contribution >= 0.6 is 0 Å². The Morgan fingerprint density at radius 3 is 2.38 bits per heavy atom. The molecule has 2 saturated heterocycles. The molecule has 8 heteroatoms. The van der Waals surface area contributed by atoms with E-state index in [4.69, 9.17) is 4.74 Å². The van der Waals surface area contributed by atoms with Gasteiger partial charge >= 0.3 is 0 Å². The Morgan fingerprint density at radius 2 is 1.77 bits per heavy atom. The molecule has 2 fully saturated rings. The van der Waals surface area contributed by atoms with Crippen molar-refractivity contribution in [2.45, 2.75) is 38.9 Å². The Bertz CT molecular complexity index is 693. The Labute approximate surface area is 156 Å². The van der Waals surface area contributed by atoms with Gasteiger partial charge in [0.05, 0.1) is 18.1 Å². The molecule has 26 heavy (non-hydrogen) atoms. The lowest BCUT2D eigenvalue weighted by atomic mass is 10.0. The van der Waals surface area contributed by atoms with Gasteiger partial charge in [-0.2, -0.15) is 0 Å². The zero-order chi connectivity index (χ0) is 18.7. The average Bonchev–Trinajstić information content (AvgIpc) is 2.92. The van der Waals surface area contributed by atoms with E-state index < -0.39 is 9.84 Å². The number of hydrogen-bond acceptors (Lipinski definition) is 7. The average molecular weight is 383 g/mol. The number of piperazine rings is 1. The fourth-order valence-electron chi connectivity index (χ4n) is 4.01. The van der Waals surface area contributed by atoms with Gasteiger partial charge < -0.3 is 4.74 Å². The van der Waals surface area contributed by atoms with Crippen LogP contribution in [0.2, 0.25) is 0 Å². The second kappa shape index (κ2) is 8.29. The predicted octanol–water partition coefficient (Wildman–Crippen LogP) is 0.605. The summed E-state index contributed by atoms with van der Waals surface area (Å²) in [6, 6.07) is 0.179. The molecule has 0 radical (unpaired) electrons. The van der Waals surface area contributed by atoms with Gasteiger partial charge in [-0.05, 0) is 5.92 Å². The Kier molecular flexibility index (Phi) is 6.27. The number of fused-ring (bicyclic) bond motifs is 1. The van der Waals surface area contributed by atoms with Crippen LogP contribution in [0.5, 0.6) is 0 Å². The van der Waals surface area contributed by atoms with Crippen LogP contribution in [-0.4, -0.2) is 85.1 Å². The Morgan fingerprint density at radius 1 is 1.15 bits per heavy atom. The zero-order valence-corrected chi connectivity index (χ0v) is 16.8. The van der Waals surface area contributed by atoms with Gasteiger partial charge in [0.1, 0.15) is 5.82 Å². The van der Waals surface area contributed by atoms with E-state index in [2.05, 4.69) is 33.6 Å². The van der Waals surface area contributed by atoms with Crippen LogP contribution in [0.3, 0.4) is 0 Å². The highest BCUT2D eigenvalue weighted by Gasteiger charge is 2.46. The number of ether oxygens (including phenoxy) is 1. The topological polar surface area (TPSA) is 75.6 Å². The first-order valence-corrected chi connectivity index (χ1v) is 11.2. The van der Waals surface area contributed by atoms with Crippen LogP contribution in [0.1, 0.15) is 25.2 Å². The number of methoxy groups -OCH3 is 1. The maximum atomic E-state index is 12.3. The third kappa shape index (κ3) is 4.79. The van der Waals surface area contributed by atoms with Crippen LogP contribution in [-0.2, 0) is 27.5 Å². The Hall–Kier alpha value is -1.09.